The first-order chi connectivity index (χ1) is 16.9. The molecule has 180 valence electrons. The molecule has 0 aliphatic carbocycles. The smallest absolute Gasteiger partial charge is 0.340 e. The number of halogens is 1. The number of esters is 1. The monoisotopic (exact) mass is 527 g/mol. The normalized spacial score (nSPS) is 14.8. The van der Waals surface area contributed by atoms with Crippen LogP contribution in [0.15, 0.2) is 77.7 Å². The Morgan fingerprint density at radius 1 is 0.971 bits per heavy atom. The predicted molar refractivity (Wildman–Crippen MR) is 138 cm³/mol. The second kappa shape index (κ2) is 9.94. The van der Waals surface area contributed by atoms with Gasteiger partial charge in [-0.05, 0) is 42.5 Å². The lowest BCUT2D eigenvalue weighted by molar-refractivity contribution is 0.0472. The fraction of sp³-hybridized carbons (Fsp3) is 0.200. The molecule has 1 saturated heterocycles. The van der Waals surface area contributed by atoms with Crippen LogP contribution < -0.4 is 4.90 Å². The van der Waals surface area contributed by atoms with Crippen molar-refractivity contribution in [3.8, 4) is 0 Å². The van der Waals surface area contributed by atoms with Crippen LogP contribution in [0.2, 0.25) is 5.02 Å². The number of aromatic nitrogens is 1. The zero-order chi connectivity index (χ0) is 24.4. The molecule has 0 N–H and O–H groups in total. The van der Waals surface area contributed by atoms with Crippen LogP contribution >= 0.6 is 22.9 Å². The Balaban J connectivity index is 1.28. The summed E-state index contributed by atoms with van der Waals surface area (Å²) >= 11 is 7.67. The van der Waals surface area contributed by atoms with Gasteiger partial charge in [0.25, 0.3) is 0 Å². The van der Waals surface area contributed by atoms with Crippen molar-refractivity contribution < 1.29 is 17.9 Å². The van der Waals surface area contributed by atoms with E-state index >= 15 is 0 Å². The summed E-state index contributed by atoms with van der Waals surface area (Å²) in [6.07, 6.45) is 0. The number of piperazine rings is 1. The van der Waals surface area contributed by atoms with Crippen LogP contribution in [0.1, 0.15) is 15.4 Å². The molecular weight excluding hydrogens is 506 g/mol. The third-order valence-corrected chi connectivity index (χ3v) is 9.05. The van der Waals surface area contributed by atoms with Gasteiger partial charge in [0.2, 0.25) is 10.0 Å². The number of hydrogen-bond acceptors (Lipinski definition) is 7. The lowest BCUT2D eigenvalue weighted by Gasteiger charge is -2.35. The summed E-state index contributed by atoms with van der Waals surface area (Å²) in [5, 5.41) is 0.780. The Morgan fingerprint density at radius 3 is 2.43 bits per heavy atom. The molecule has 4 aromatic rings. The number of ether oxygens (including phenoxy) is 1. The molecule has 3 aromatic carbocycles. The van der Waals surface area contributed by atoms with Crippen molar-refractivity contribution in [2.24, 2.45) is 0 Å². The van der Waals surface area contributed by atoms with Crippen molar-refractivity contribution in [2.45, 2.75) is 11.5 Å². The number of benzene rings is 3. The average molecular weight is 528 g/mol. The van der Waals surface area contributed by atoms with Crippen molar-refractivity contribution in [3.05, 3.63) is 88.4 Å². The number of carbonyl (C=O) groups excluding carboxylic acids is 1. The number of nitrogens with zero attached hydrogens (tertiary/aromatic N) is 3. The first kappa shape index (κ1) is 23.7. The van der Waals surface area contributed by atoms with Gasteiger partial charge in [-0.25, -0.2) is 18.2 Å². The molecule has 35 heavy (non-hydrogen) atoms. The summed E-state index contributed by atoms with van der Waals surface area (Å²) in [4.78, 5) is 19.4. The fourth-order valence-electron chi connectivity index (χ4n) is 3.98. The van der Waals surface area contributed by atoms with Gasteiger partial charge >= 0.3 is 5.97 Å². The molecular formula is C25H22ClN3O4S2. The SMILES string of the molecule is O=C(OCc1nc2ccccc2s1)c1cc(S(=O)(=O)N2CCN(c3ccccc3)CC2)ccc1Cl. The van der Waals surface area contributed by atoms with Gasteiger partial charge in [-0.3, -0.25) is 0 Å². The predicted octanol–water partition coefficient (Wildman–Crippen LogP) is 4.82. The minimum atomic E-state index is -3.79. The Labute approximate surface area is 212 Å². The second-order valence-corrected chi connectivity index (χ2v) is 11.5. The van der Waals surface area contributed by atoms with Crippen molar-refractivity contribution in [3.63, 3.8) is 0 Å². The number of anilines is 1. The maximum absolute atomic E-state index is 13.3. The standard InChI is InChI=1S/C25H22ClN3O4S2/c26-21-11-10-19(35(31,32)29-14-12-28(13-15-29)18-6-2-1-3-7-18)16-20(21)25(30)33-17-24-27-22-8-4-5-9-23(22)34-24/h1-11,16H,12-15,17H2. The second-order valence-electron chi connectivity index (χ2n) is 8.02. The van der Waals surface area contributed by atoms with E-state index in [4.69, 9.17) is 16.3 Å². The van der Waals surface area contributed by atoms with Gasteiger partial charge < -0.3 is 9.64 Å². The lowest BCUT2D eigenvalue weighted by Crippen LogP contribution is -2.48. The topological polar surface area (TPSA) is 79.8 Å². The van der Waals surface area contributed by atoms with E-state index in [0.29, 0.717) is 31.2 Å². The van der Waals surface area contributed by atoms with Crippen molar-refractivity contribution >= 4 is 54.8 Å². The van der Waals surface area contributed by atoms with Gasteiger partial charge in [0, 0.05) is 31.9 Å². The van der Waals surface area contributed by atoms with Gasteiger partial charge in [-0.1, -0.05) is 41.9 Å². The number of sulfonamides is 1. The molecule has 0 unspecified atom stereocenters. The Morgan fingerprint density at radius 2 is 1.69 bits per heavy atom. The van der Waals surface area contributed by atoms with Crippen LogP contribution in [-0.4, -0.2) is 49.9 Å². The van der Waals surface area contributed by atoms with Gasteiger partial charge in [-0.2, -0.15) is 4.31 Å². The van der Waals surface area contributed by atoms with E-state index in [2.05, 4.69) is 9.88 Å². The number of fused-ring (bicyclic) bond motifs is 1. The Kier molecular flexibility index (Phi) is 6.75. The zero-order valence-corrected chi connectivity index (χ0v) is 21.0. The van der Waals surface area contributed by atoms with Crippen molar-refractivity contribution in [2.75, 3.05) is 31.1 Å². The highest BCUT2D eigenvalue weighted by Crippen LogP contribution is 2.27. The minimum Gasteiger partial charge on any atom is -0.455 e. The lowest BCUT2D eigenvalue weighted by atomic mass is 10.2. The molecule has 0 saturated carbocycles. The summed E-state index contributed by atoms with van der Waals surface area (Å²) in [5.74, 6) is -0.694. The van der Waals surface area contributed by atoms with Gasteiger partial charge in [0.15, 0.2) is 0 Å². The molecule has 5 rings (SSSR count). The molecule has 7 nitrogen and oxygen atoms in total. The summed E-state index contributed by atoms with van der Waals surface area (Å²) in [5.41, 5.74) is 1.91. The molecule has 10 heteroatoms. The van der Waals surface area contributed by atoms with Gasteiger partial charge in [0.05, 0.1) is 25.7 Å². The minimum absolute atomic E-state index is 0.0109. The summed E-state index contributed by atoms with van der Waals surface area (Å²) in [6, 6.07) is 21.7. The van der Waals surface area contributed by atoms with Crippen molar-refractivity contribution in [1.82, 2.24) is 9.29 Å². The highest BCUT2D eigenvalue weighted by atomic mass is 35.5. The van der Waals surface area contributed by atoms with E-state index in [-0.39, 0.29) is 22.1 Å². The van der Waals surface area contributed by atoms with Crippen molar-refractivity contribution in [1.29, 1.82) is 0 Å². The molecule has 1 fully saturated rings. The van der Waals surface area contributed by atoms with Crippen LogP contribution in [-0.2, 0) is 21.4 Å². The third kappa shape index (κ3) is 5.04. The Hall–Kier alpha value is -2.98. The molecule has 1 aromatic heterocycles. The quantitative estimate of drug-likeness (QED) is 0.334. The number of hydrogen-bond donors (Lipinski definition) is 0. The number of thiazole rings is 1. The van der Waals surface area contributed by atoms with E-state index in [9.17, 15) is 13.2 Å². The van der Waals surface area contributed by atoms with Crippen LogP contribution in [0.5, 0.6) is 0 Å². The van der Waals surface area contributed by atoms with Gasteiger partial charge in [-0.15, -0.1) is 11.3 Å². The maximum Gasteiger partial charge on any atom is 0.340 e. The van der Waals surface area contributed by atoms with Crippen LogP contribution in [0.25, 0.3) is 10.2 Å². The van der Waals surface area contributed by atoms with E-state index in [1.165, 1.54) is 33.8 Å². The van der Waals surface area contributed by atoms with Crippen LogP contribution in [0.4, 0.5) is 5.69 Å². The first-order valence-electron chi connectivity index (χ1n) is 11.0. The molecule has 0 spiro atoms. The number of rotatable bonds is 6. The van der Waals surface area contributed by atoms with E-state index in [1.807, 2.05) is 54.6 Å². The molecule has 1 aliphatic rings. The summed E-state index contributed by atoms with van der Waals surface area (Å²) in [7, 11) is -3.79. The van der Waals surface area contributed by atoms with Crippen LogP contribution in [0, 0.1) is 0 Å². The van der Waals surface area contributed by atoms with Crippen LogP contribution in [0.3, 0.4) is 0 Å². The fourth-order valence-corrected chi connectivity index (χ4v) is 6.51. The first-order valence-corrected chi connectivity index (χ1v) is 13.7. The zero-order valence-electron chi connectivity index (χ0n) is 18.6. The maximum atomic E-state index is 13.3. The molecule has 2 heterocycles. The molecule has 0 amide bonds. The largest absolute Gasteiger partial charge is 0.455 e. The summed E-state index contributed by atoms with van der Waals surface area (Å²) in [6.45, 7) is 1.82. The molecule has 0 bridgehead atoms. The average Bonchev–Trinajstić information content (AvgIpc) is 3.31. The van der Waals surface area contributed by atoms with Gasteiger partial charge in [0.1, 0.15) is 11.6 Å². The molecule has 0 atom stereocenters. The molecule has 0 radical (unpaired) electrons. The summed E-state index contributed by atoms with van der Waals surface area (Å²) < 4.78 is 34.4. The van der Waals surface area contributed by atoms with E-state index in [1.54, 1.807) is 0 Å². The van der Waals surface area contributed by atoms with E-state index in [0.717, 1.165) is 15.9 Å². The Bertz CT molecular complexity index is 1430. The number of para-hydroxylation sites is 2. The molecule has 1 aliphatic heterocycles. The third-order valence-electron chi connectivity index (χ3n) is 5.82. The highest BCUT2D eigenvalue weighted by molar-refractivity contribution is 7.89. The highest BCUT2D eigenvalue weighted by Gasteiger charge is 2.30. The number of carbonyl (C=O) groups is 1. The van der Waals surface area contributed by atoms with E-state index < -0.39 is 16.0 Å².